The Kier molecular flexibility index (Phi) is 17.2. The summed E-state index contributed by atoms with van der Waals surface area (Å²) in [7, 11) is 0. The molecule has 0 aliphatic carbocycles. The van der Waals surface area contributed by atoms with Crippen LogP contribution in [0.5, 0.6) is 0 Å². The van der Waals surface area contributed by atoms with Crippen LogP contribution in [0.2, 0.25) is 0 Å². The highest BCUT2D eigenvalue weighted by Crippen LogP contribution is 2.25. The van der Waals surface area contributed by atoms with Crippen molar-refractivity contribution in [2.45, 2.75) is 140 Å². The molecule has 2 saturated heterocycles. The second kappa shape index (κ2) is 19.7. The van der Waals surface area contributed by atoms with Gasteiger partial charge in [-0.05, 0) is 38.5 Å². The lowest BCUT2D eigenvalue weighted by atomic mass is 10.0. The van der Waals surface area contributed by atoms with Gasteiger partial charge in [-0.3, -0.25) is 4.79 Å². The lowest BCUT2D eigenvalue weighted by Crippen LogP contribution is -2.62. The van der Waals surface area contributed by atoms with Gasteiger partial charge in [-0.25, -0.2) is 0 Å². The summed E-state index contributed by atoms with van der Waals surface area (Å²) >= 11 is 0. The average molecular weight is 572 g/mol. The quantitative estimate of drug-likeness (QED) is 0.124. The van der Waals surface area contributed by atoms with Crippen LogP contribution in [0, 0.1) is 0 Å². The molecule has 0 bridgehead atoms. The Hall–Kier alpha value is -1.37. The van der Waals surface area contributed by atoms with Gasteiger partial charge in [0.05, 0.1) is 13.2 Å². The number of carbonyl (C=O) groups excluding carboxylic acids is 1. The van der Waals surface area contributed by atoms with Crippen molar-refractivity contribution in [3.05, 3.63) is 24.3 Å². The van der Waals surface area contributed by atoms with Crippen LogP contribution in [-0.2, 0) is 19.0 Å². The molecule has 0 radical (unpaired) electrons. The van der Waals surface area contributed by atoms with Crippen molar-refractivity contribution in [2.24, 2.45) is 0 Å². The van der Waals surface area contributed by atoms with Gasteiger partial charge >= 0.3 is 0 Å². The van der Waals surface area contributed by atoms with Crippen LogP contribution >= 0.6 is 0 Å². The summed E-state index contributed by atoms with van der Waals surface area (Å²) < 4.78 is 16.5. The highest BCUT2D eigenvalue weighted by molar-refractivity contribution is 5.73. The van der Waals surface area contributed by atoms with Crippen molar-refractivity contribution >= 4 is 5.91 Å². The van der Waals surface area contributed by atoms with E-state index in [0.29, 0.717) is 6.54 Å². The Bertz CT molecular complexity index is 749. The number of rotatable bonds is 18. The van der Waals surface area contributed by atoms with Crippen LogP contribution in [0.15, 0.2) is 24.3 Å². The zero-order valence-electron chi connectivity index (χ0n) is 24.4. The normalized spacial score (nSPS) is 31.3. The monoisotopic (exact) mass is 571 g/mol. The SMILES string of the molecule is CCCCC/C=C\C/C=C\CCCCCCCCN(C(C)=O)C1OCC(OC2OCC(O)C(O)C2O)C(O)C1O. The number of aliphatic hydroxyl groups excluding tert-OH is 5. The molecule has 8 unspecified atom stereocenters. The molecule has 10 heteroatoms. The molecule has 2 heterocycles. The van der Waals surface area contributed by atoms with Crippen molar-refractivity contribution in [2.75, 3.05) is 19.8 Å². The molecular weight excluding hydrogens is 518 g/mol. The first-order valence-corrected chi connectivity index (χ1v) is 15.1. The molecule has 0 saturated carbocycles. The molecule has 40 heavy (non-hydrogen) atoms. The average Bonchev–Trinajstić information content (AvgIpc) is 2.93. The lowest BCUT2D eigenvalue weighted by Gasteiger charge is -2.44. The first-order chi connectivity index (χ1) is 19.3. The number of allylic oxidation sites excluding steroid dienone is 4. The van der Waals surface area contributed by atoms with Gasteiger partial charge in [0.1, 0.15) is 36.6 Å². The largest absolute Gasteiger partial charge is 0.388 e. The third-order valence-corrected chi connectivity index (χ3v) is 7.53. The van der Waals surface area contributed by atoms with E-state index in [1.54, 1.807) is 0 Å². The van der Waals surface area contributed by atoms with E-state index in [-0.39, 0.29) is 19.1 Å². The molecule has 0 aromatic carbocycles. The molecule has 232 valence electrons. The first kappa shape index (κ1) is 34.8. The van der Waals surface area contributed by atoms with E-state index in [2.05, 4.69) is 31.2 Å². The maximum absolute atomic E-state index is 12.3. The van der Waals surface area contributed by atoms with Crippen LogP contribution in [0.1, 0.15) is 90.9 Å². The first-order valence-electron chi connectivity index (χ1n) is 15.1. The van der Waals surface area contributed by atoms with Gasteiger partial charge in [-0.1, -0.05) is 69.8 Å². The fourth-order valence-corrected chi connectivity index (χ4v) is 4.98. The van der Waals surface area contributed by atoms with E-state index in [1.807, 2.05) is 0 Å². The molecule has 2 fully saturated rings. The highest BCUT2D eigenvalue weighted by atomic mass is 16.7. The minimum atomic E-state index is -1.52. The summed E-state index contributed by atoms with van der Waals surface area (Å²) in [4.78, 5) is 13.7. The van der Waals surface area contributed by atoms with Gasteiger partial charge in [0.25, 0.3) is 0 Å². The zero-order valence-corrected chi connectivity index (χ0v) is 24.4. The van der Waals surface area contributed by atoms with Gasteiger partial charge in [0.2, 0.25) is 5.91 Å². The minimum Gasteiger partial charge on any atom is -0.388 e. The maximum atomic E-state index is 12.3. The summed E-state index contributed by atoms with van der Waals surface area (Å²) in [6, 6.07) is 0. The van der Waals surface area contributed by atoms with Crippen LogP contribution in [0.4, 0.5) is 0 Å². The predicted octanol–water partition coefficient (Wildman–Crippen LogP) is 2.55. The molecule has 2 rings (SSSR count). The summed E-state index contributed by atoms with van der Waals surface area (Å²) in [6.07, 6.45) is 12.0. The van der Waals surface area contributed by atoms with E-state index in [1.165, 1.54) is 50.3 Å². The van der Waals surface area contributed by atoms with Crippen molar-refractivity contribution in [3.8, 4) is 0 Å². The summed E-state index contributed by atoms with van der Waals surface area (Å²) in [6.45, 7) is 3.63. The Morgan fingerprint density at radius 1 is 0.775 bits per heavy atom. The van der Waals surface area contributed by atoms with Crippen LogP contribution in [-0.4, -0.2) is 105 Å². The number of aliphatic hydroxyl groups is 5. The Morgan fingerprint density at radius 2 is 1.40 bits per heavy atom. The molecule has 0 aromatic heterocycles. The van der Waals surface area contributed by atoms with Gasteiger partial charge in [-0.2, -0.15) is 0 Å². The van der Waals surface area contributed by atoms with Crippen LogP contribution < -0.4 is 0 Å². The van der Waals surface area contributed by atoms with Crippen molar-refractivity contribution in [1.82, 2.24) is 4.90 Å². The molecule has 2 aliphatic rings. The molecule has 8 atom stereocenters. The Morgan fingerprint density at radius 3 is 2.05 bits per heavy atom. The number of nitrogens with zero attached hydrogens (tertiary/aromatic N) is 1. The molecule has 2 aliphatic heterocycles. The number of carbonyl (C=O) groups is 1. The van der Waals surface area contributed by atoms with E-state index >= 15 is 0 Å². The maximum Gasteiger partial charge on any atom is 0.221 e. The standard InChI is InChI=1S/C30H53NO9/c1-3-4-5-6-7-8-9-10-11-12-13-14-15-16-17-18-19-31(22(2)32)29-27(36)26(35)24(21-38-29)40-30-28(37)25(34)23(33)20-39-30/h7-8,10-11,23-30,33-37H,3-6,9,12-21H2,1-2H3/b8-7-,11-10-. The molecular formula is C30H53NO9. The van der Waals surface area contributed by atoms with Crippen molar-refractivity contribution < 1.29 is 44.5 Å². The number of unbranched alkanes of at least 4 members (excludes halogenated alkanes) is 9. The van der Waals surface area contributed by atoms with Gasteiger partial charge in [0.15, 0.2) is 12.5 Å². The van der Waals surface area contributed by atoms with E-state index in [4.69, 9.17) is 14.2 Å². The lowest BCUT2D eigenvalue weighted by molar-refractivity contribution is -0.316. The fraction of sp³-hybridized carbons (Fsp3) is 0.833. The molecule has 0 spiro atoms. The number of hydrogen-bond donors (Lipinski definition) is 5. The summed E-state index contributed by atoms with van der Waals surface area (Å²) in [5.74, 6) is -0.263. The molecule has 5 N–H and O–H groups in total. The third-order valence-electron chi connectivity index (χ3n) is 7.53. The molecule has 10 nitrogen and oxygen atoms in total. The van der Waals surface area contributed by atoms with Gasteiger partial charge in [0, 0.05) is 13.5 Å². The van der Waals surface area contributed by atoms with Gasteiger partial charge in [-0.15, -0.1) is 0 Å². The van der Waals surface area contributed by atoms with E-state index in [9.17, 15) is 30.3 Å². The predicted molar refractivity (Wildman–Crippen MR) is 151 cm³/mol. The number of ether oxygens (including phenoxy) is 3. The second-order valence-corrected chi connectivity index (χ2v) is 10.9. The topological polar surface area (TPSA) is 149 Å². The summed E-state index contributed by atoms with van der Waals surface area (Å²) in [5.41, 5.74) is 0. The van der Waals surface area contributed by atoms with Crippen LogP contribution in [0.25, 0.3) is 0 Å². The van der Waals surface area contributed by atoms with E-state index in [0.717, 1.165) is 38.5 Å². The smallest absolute Gasteiger partial charge is 0.221 e. The highest BCUT2D eigenvalue weighted by Gasteiger charge is 2.46. The second-order valence-electron chi connectivity index (χ2n) is 10.9. The molecule has 0 aromatic rings. The number of amides is 1. The van der Waals surface area contributed by atoms with Crippen molar-refractivity contribution in [3.63, 3.8) is 0 Å². The minimum absolute atomic E-state index is 0.151. The van der Waals surface area contributed by atoms with Gasteiger partial charge < -0.3 is 44.6 Å². The zero-order chi connectivity index (χ0) is 29.3. The van der Waals surface area contributed by atoms with Crippen molar-refractivity contribution in [1.29, 1.82) is 0 Å². The Labute approximate surface area is 239 Å². The van der Waals surface area contributed by atoms with Crippen LogP contribution in [0.3, 0.4) is 0 Å². The Balaban J connectivity index is 1.62. The molecule has 1 amide bonds. The third kappa shape index (κ3) is 11.9. The van der Waals surface area contributed by atoms with E-state index < -0.39 is 49.1 Å². The summed E-state index contributed by atoms with van der Waals surface area (Å²) in [5, 5.41) is 50.8. The number of hydrogen-bond acceptors (Lipinski definition) is 9. The fourth-order valence-electron chi connectivity index (χ4n) is 4.98.